The first-order valence-electron chi connectivity index (χ1n) is 11.0. The largest absolute Gasteiger partial charge is 0.338 e. The smallest absolute Gasteiger partial charge is 0.254 e. The summed E-state index contributed by atoms with van der Waals surface area (Å²) < 4.78 is 13.4. The van der Waals surface area contributed by atoms with Gasteiger partial charge < -0.3 is 4.90 Å². The fourth-order valence-corrected chi connectivity index (χ4v) is 4.58. The Bertz CT molecular complexity index is 1280. The zero-order chi connectivity index (χ0) is 22.1. The Morgan fingerprint density at radius 1 is 1.03 bits per heavy atom. The first-order valence-corrected chi connectivity index (χ1v) is 11.0. The van der Waals surface area contributed by atoms with Gasteiger partial charge in [-0.15, -0.1) is 0 Å². The van der Waals surface area contributed by atoms with Crippen molar-refractivity contribution in [1.29, 1.82) is 0 Å². The van der Waals surface area contributed by atoms with E-state index in [0.29, 0.717) is 12.1 Å². The van der Waals surface area contributed by atoms with Crippen LogP contribution in [-0.4, -0.2) is 33.9 Å². The van der Waals surface area contributed by atoms with Gasteiger partial charge in [0.2, 0.25) is 0 Å². The lowest BCUT2D eigenvalue weighted by Gasteiger charge is -2.33. The Hall–Kier alpha value is -3.60. The molecule has 0 radical (unpaired) electrons. The number of piperidine rings is 1. The van der Waals surface area contributed by atoms with Crippen LogP contribution < -0.4 is 0 Å². The number of pyridine rings is 2. The molecule has 0 spiro atoms. The maximum absolute atomic E-state index is 13.4. The van der Waals surface area contributed by atoms with Gasteiger partial charge in [-0.1, -0.05) is 24.3 Å². The summed E-state index contributed by atoms with van der Waals surface area (Å²) in [6, 6.07) is 20.2. The third-order valence-electron chi connectivity index (χ3n) is 6.15. The molecule has 5 rings (SSSR count). The van der Waals surface area contributed by atoms with Crippen molar-refractivity contribution in [2.75, 3.05) is 13.1 Å². The highest BCUT2D eigenvalue weighted by atomic mass is 19.1. The van der Waals surface area contributed by atoms with E-state index in [9.17, 15) is 9.18 Å². The number of rotatable bonds is 3. The number of carbonyl (C=O) groups is 1. The van der Waals surface area contributed by atoms with Crippen LogP contribution in [-0.2, 0) is 0 Å². The average Bonchev–Trinajstić information content (AvgIpc) is 2.83. The highest BCUT2D eigenvalue weighted by Gasteiger charge is 2.27. The molecule has 0 bridgehead atoms. The Labute approximate surface area is 186 Å². The predicted octanol–water partition coefficient (Wildman–Crippen LogP) is 5.76. The van der Waals surface area contributed by atoms with E-state index in [-0.39, 0.29) is 17.6 Å². The molecule has 32 heavy (non-hydrogen) atoms. The van der Waals surface area contributed by atoms with Gasteiger partial charge in [0, 0.05) is 47.5 Å². The number of benzene rings is 2. The van der Waals surface area contributed by atoms with Crippen molar-refractivity contribution < 1.29 is 9.18 Å². The summed E-state index contributed by atoms with van der Waals surface area (Å²) in [5.74, 6) is -0.0376. The molecular weight excluding hydrogens is 401 g/mol. The van der Waals surface area contributed by atoms with Crippen molar-refractivity contribution in [1.82, 2.24) is 14.9 Å². The summed E-state index contributed by atoms with van der Waals surface area (Å²) >= 11 is 0. The van der Waals surface area contributed by atoms with Gasteiger partial charge in [-0.3, -0.25) is 14.8 Å². The molecule has 1 amide bonds. The molecule has 2 aromatic carbocycles. The van der Waals surface area contributed by atoms with Gasteiger partial charge in [-0.25, -0.2) is 4.39 Å². The maximum atomic E-state index is 13.4. The van der Waals surface area contributed by atoms with Gasteiger partial charge in [-0.2, -0.15) is 0 Å². The molecular formula is C27H24FN3O. The lowest BCUT2D eigenvalue weighted by Crippen LogP contribution is -2.39. The van der Waals surface area contributed by atoms with Gasteiger partial charge >= 0.3 is 0 Å². The number of halogens is 1. The third kappa shape index (κ3) is 3.98. The Morgan fingerprint density at radius 3 is 2.72 bits per heavy atom. The second kappa shape index (κ2) is 8.50. The fraction of sp³-hybridized carbons (Fsp3) is 0.222. The number of likely N-dealkylation sites (tertiary alicyclic amines) is 1. The molecule has 0 N–H and O–H groups in total. The molecule has 0 saturated carbocycles. The molecule has 1 aliphatic heterocycles. The molecule has 4 aromatic rings. The summed E-state index contributed by atoms with van der Waals surface area (Å²) in [5.41, 5.74) is 5.42. The summed E-state index contributed by atoms with van der Waals surface area (Å²) in [4.78, 5) is 24.5. The zero-order valence-corrected chi connectivity index (χ0v) is 18.0. The van der Waals surface area contributed by atoms with Crippen LogP contribution in [0.25, 0.3) is 22.0 Å². The normalized spacial score (nSPS) is 16.3. The number of nitrogens with zero attached hydrogens (tertiary/aromatic N) is 3. The van der Waals surface area contributed by atoms with Crippen LogP contribution in [0.5, 0.6) is 0 Å². The van der Waals surface area contributed by atoms with E-state index < -0.39 is 0 Å². The SMILES string of the molecule is Cc1cc(-c2ccc(F)cc2)cc([C@H]2CCCN(C(=O)c3cccc4ncccc34)C2)n1. The molecule has 2 aromatic heterocycles. The average molecular weight is 426 g/mol. The molecule has 3 heterocycles. The molecule has 5 heteroatoms. The highest BCUT2D eigenvalue weighted by molar-refractivity contribution is 6.06. The molecule has 4 nitrogen and oxygen atoms in total. The minimum atomic E-state index is -0.246. The number of amides is 1. The fourth-order valence-electron chi connectivity index (χ4n) is 4.58. The molecule has 1 fully saturated rings. The Balaban J connectivity index is 1.43. The van der Waals surface area contributed by atoms with Crippen LogP contribution in [0, 0.1) is 12.7 Å². The van der Waals surface area contributed by atoms with E-state index >= 15 is 0 Å². The van der Waals surface area contributed by atoms with Gasteiger partial charge in [-0.05, 0) is 73.4 Å². The monoisotopic (exact) mass is 425 g/mol. The molecule has 1 saturated heterocycles. The predicted molar refractivity (Wildman–Crippen MR) is 124 cm³/mol. The lowest BCUT2D eigenvalue weighted by atomic mass is 9.91. The second-order valence-electron chi connectivity index (χ2n) is 8.39. The first-order chi connectivity index (χ1) is 15.6. The summed E-state index contributed by atoms with van der Waals surface area (Å²) in [6.45, 7) is 3.35. The number of fused-ring (bicyclic) bond motifs is 1. The van der Waals surface area contributed by atoms with Gasteiger partial charge in [0.25, 0.3) is 5.91 Å². The van der Waals surface area contributed by atoms with Crippen LogP contribution in [0.4, 0.5) is 4.39 Å². The number of hydrogen-bond donors (Lipinski definition) is 0. The van der Waals surface area contributed by atoms with Crippen molar-refractivity contribution >= 4 is 16.8 Å². The Kier molecular flexibility index (Phi) is 5.39. The minimum absolute atomic E-state index is 0.0414. The van der Waals surface area contributed by atoms with Crippen LogP contribution in [0.2, 0.25) is 0 Å². The molecule has 0 aliphatic carbocycles. The van der Waals surface area contributed by atoms with Crippen molar-refractivity contribution in [2.24, 2.45) is 0 Å². The summed E-state index contributed by atoms with van der Waals surface area (Å²) in [6.07, 6.45) is 3.66. The van der Waals surface area contributed by atoms with Crippen LogP contribution in [0.3, 0.4) is 0 Å². The zero-order valence-electron chi connectivity index (χ0n) is 18.0. The van der Waals surface area contributed by atoms with Crippen LogP contribution in [0.1, 0.15) is 40.5 Å². The van der Waals surface area contributed by atoms with E-state index in [2.05, 4.69) is 11.1 Å². The molecule has 0 unspecified atom stereocenters. The van der Waals surface area contributed by atoms with Crippen LogP contribution >= 0.6 is 0 Å². The first kappa shape index (κ1) is 20.3. The summed E-state index contributed by atoms with van der Waals surface area (Å²) in [5, 5.41) is 0.884. The number of aryl methyl sites for hydroxylation is 1. The van der Waals surface area contributed by atoms with E-state index in [1.165, 1.54) is 12.1 Å². The van der Waals surface area contributed by atoms with E-state index in [1.807, 2.05) is 48.2 Å². The topological polar surface area (TPSA) is 46.1 Å². The van der Waals surface area contributed by atoms with Gasteiger partial charge in [0.1, 0.15) is 5.82 Å². The van der Waals surface area contributed by atoms with E-state index in [1.54, 1.807) is 18.3 Å². The van der Waals surface area contributed by atoms with Crippen molar-refractivity contribution in [3.8, 4) is 11.1 Å². The Morgan fingerprint density at radius 2 is 1.88 bits per heavy atom. The maximum Gasteiger partial charge on any atom is 0.254 e. The molecule has 160 valence electrons. The van der Waals surface area contributed by atoms with Crippen LogP contribution in [0.15, 0.2) is 72.9 Å². The van der Waals surface area contributed by atoms with Crippen molar-refractivity contribution in [3.63, 3.8) is 0 Å². The number of aromatic nitrogens is 2. The second-order valence-corrected chi connectivity index (χ2v) is 8.39. The quantitative estimate of drug-likeness (QED) is 0.419. The number of carbonyl (C=O) groups excluding carboxylic acids is 1. The number of hydrogen-bond acceptors (Lipinski definition) is 3. The highest BCUT2D eigenvalue weighted by Crippen LogP contribution is 2.31. The molecule has 1 atom stereocenters. The lowest BCUT2D eigenvalue weighted by molar-refractivity contribution is 0.0708. The molecule has 1 aliphatic rings. The van der Waals surface area contributed by atoms with E-state index in [4.69, 9.17) is 4.98 Å². The van der Waals surface area contributed by atoms with Crippen molar-refractivity contribution in [3.05, 3.63) is 95.7 Å². The van der Waals surface area contributed by atoms with Gasteiger partial charge in [0.15, 0.2) is 0 Å². The van der Waals surface area contributed by atoms with E-state index in [0.717, 1.165) is 52.8 Å². The minimum Gasteiger partial charge on any atom is -0.338 e. The van der Waals surface area contributed by atoms with Crippen molar-refractivity contribution in [2.45, 2.75) is 25.7 Å². The standard InChI is InChI=1S/C27H24FN3O/c1-18-15-21(19-9-11-22(28)12-10-19)16-26(30-18)20-5-4-14-31(17-20)27(32)24-6-2-8-25-23(24)7-3-13-29-25/h2-3,6-13,15-16,20H,4-5,14,17H2,1H3/t20-/m0/s1. The summed E-state index contributed by atoms with van der Waals surface area (Å²) in [7, 11) is 0. The van der Waals surface area contributed by atoms with Gasteiger partial charge in [0.05, 0.1) is 5.52 Å². The third-order valence-corrected chi connectivity index (χ3v) is 6.15.